The highest BCUT2D eigenvalue weighted by Crippen LogP contribution is 2.24. The normalized spacial score (nSPS) is 14.2. The molecule has 0 bridgehead atoms. The molecule has 0 fully saturated rings. The molecule has 0 radical (unpaired) electrons. The van der Waals surface area contributed by atoms with Crippen molar-refractivity contribution in [2.24, 2.45) is 0 Å². The second kappa shape index (κ2) is 7.01. The molecule has 5 rings (SSSR count). The zero-order valence-corrected chi connectivity index (χ0v) is 15.0. The molecular weight excluding hydrogens is 359 g/mol. The Morgan fingerprint density at radius 2 is 2.00 bits per heavy atom. The van der Waals surface area contributed by atoms with E-state index in [1.165, 1.54) is 12.1 Å². The summed E-state index contributed by atoms with van der Waals surface area (Å²) >= 11 is 0. The number of rotatable bonds is 4. The SMILES string of the molecule is Fc1ccc(-c2cc(CN3CCc4nc(-c5ccco5)ncc4C3)no2)cc1. The summed E-state index contributed by atoms with van der Waals surface area (Å²) in [6.07, 6.45) is 4.34. The lowest BCUT2D eigenvalue weighted by atomic mass is 10.1. The Bertz CT molecular complexity index is 1090. The molecular formula is C21H17FN4O2. The summed E-state index contributed by atoms with van der Waals surface area (Å²) in [4.78, 5) is 11.4. The minimum Gasteiger partial charge on any atom is -0.461 e. The lowest BCUT2D eigenvalue weighted by Gasteiger charge is -2.27. The van der Waals surface area contributed by atoms with Crippen LogP contribution in [0.3, 0.4) is 0 Å². The van der Waals surface area contributed by atoms with Gasteiger partial charge in [-0.25, -0.2) is 14.4 Å². The molecule has 1 aliphatic rings. The van der Waals surface area contributed by atoms with Crippen molar-refractivity contribution in [3.8, 4) is 22.9 Å². The van der Waals surface area contributed by atoms with Gasteiger partial charge in [0.05, 0.1) is 17.7 Å². The van der Waals surface area contributed by atoms with E-state index in [0.29, 0.717) is 23.9 Å². The second-order valence-corrected chi connectivity index (χ2v) is 6.79. The fraction of sp³-hybridized carbons (Fsp3) is 0.190. The van der Waals surface area contributed by atoms with Crippen LogP contribution in [-0.2, 0) is 19.5 Å². The van der Waals surface area contributed by atoms with Crippen LogP contribution in [0.4, 0.5) is 4.39 Å². The zero-order valence-electron chi connectivity index (χ0n) is 15.0. The zero-order chi connectivity index (χ0) is 18.9. The third-order valence-electron chi connectivity index (χ3n) is 4.83. The number of hydrogen-bond acceptors (Lipinski definition) is 6. The molecule has 6 nitrogen and oxygen atoms in total. The van der Waals surface area contributed by atoms with E-state index in [0.717, 1.165) is 42.0 Å². The Morgan fingerprint density at radius 3 is 2.82 bits per heavy atom. The van der Waals surface area contributed by atoms with Crippen LogP contribution in [0.2, 0.25) is 0 Å². The molecule has 0 unspecified atom stereocenters. The van der Waals surface area contributed by atoms with E-state index in [4.69, 9.17) is 8.94 Å². The molecule has 0 N–H and O–H groups in total. The smallest absolute Gasteiger partial charge is 0.195 e. The summed E-state index contributed by atoms with van der Waals surface area (Å²) in [7, 11) is 0. The average molecular weight is 376 g/mol. The maximum absolute atomic E-state index is 13.1. The average Bonchev–Trinajstić information content (AvgIpc) is 3.41. The summed E-state index contributed by atoms with van der Waals surface area (Å²) in [6, 6.07) is 11.8. The number of aromatic nitrogens is 3. The van der Waals surface area contributed by atoms with Gasteiger partial charge < -0.3 is 8.94 Å². The molecule has 1 aliphatic heterocycles. The first-order chi connectivity index (χ1) is 13.7. The highest BCUT2D eigenvalue weighted by molar-refractivity contribution is 5.57. The highest BCUT2D eigenvalue weighted by Gasteiger charge is 2.20. The Balaban J connectivity index is 1.29. The Hall–Kier alpha value is -3.32. The number of nitrogens with zero attached hydrogens (tertiary/aromatic N) is 4. The Morgan fingerprint density at radius 1 is 1.11 bits per heavy atom. The number of furan rings is 1. The number of fused-ring (bicyclic) bond motifs is 1. The molecule has 140 valence electrons. The van der Waals surface area contributed by atoms with Gasteiger partial charge in [-0.2, -0.15) is 0 Å². The van der Waals surface area contributed by atoms with Crippen molar-refractivity contribution in [1.29, 1.82) is 0 Å². The van der Waals surface area contributed by atoms with Crippen molar-refractivity contribution >= 4 is 0 Å². The van der Waals surface area contributed by atoms with Crippen LogP contribution in [0.25, 0.3) is 22.9 Å². The van der Waals surface area contributed by atoms with E-state index in [2.05, 4.69) is 20.0 Å². The van der Waals surface area contributed by atoms with E-state index in [1.807, 2.05) is 24.4 Å². The van der Waals surface area contributed by atoms with Gasteiger partial charge in [0.25, 0.3) is 0 Å². The lowest BCUT2D eigenvalue weighted by Crippen LogP contribution is -2.31. The van der Waals surface area contributed by atoms with Crippen molar-refractivity contribution in [2.45, 2.75) is 19.5 Å². The van der Waals surface area contributed by atoms with Crippen molar-refractivity contribution in [3.63, 3.8) is 0 Å². The summed E-state index contributed by atoms with van der Waals surface area (Å²) in [5.74, 6) is 1.67. The molecule has 0 amide bonds. The predicted octanol–water partition coefficient (Wildman–Crippen LogP) is 4.09. The van der Waals surface area contributed by atoms with Gasteiger partial charge >= 0.3 is 0 Å². The van der Waals surface area contributed by atoms with Crippen LogP contribution < -0.4 is 0 Å². The Labute approximate surface area is 160 Å². The number of hydrogen-bond donors (Lipinski definition) is 0. The Kier molecular flexibility index (Phi) is 4.21. The van der Waals surface area contributed by atoms with Gasteiger partial charge in [-0.15, -0.1) is 0 Å². The van der Waals surface area contributed by atoms with Gasteiger partial charge in [-0.3, -0.25) is 4.90 Å². The number of benzene rings is 1. The minimum atomic E-state index is -0.270. The van der Waals surface area contributed by atoms with Gasteiger partial charge in [0, 0.05) is 49.4 Å². The summed E-state index contributed by atoms with van der Waals surface area (Å²) in [5.41, 5.74) is 3.83. The van der Waals surface area contributed by atoms with E-state index in [9.17, 15) is 4.39 Å². The van der Waals surface area contributed by atoms with Crippen LogP contribution in [0.5, 0.6) is 0 Å². The molecule has 0 saturated carbocycles. The largest absolute Gasteiger partial charge is 0.461 e. The van der Waals surface area contributed by atoms with Crippen molar-refractivity contribution in [1.82, 2.24) is 20.0 Å². The lowest BCUT2D eigenvalue weighted by molar-refractivity contribution is 0.235. The summed E-state index contributed by atoms with van der Waals surface area (Å²) in [5, 5.41) is 4.16. The van der Waals surface area contributed by atoms with Gasteiger partial charge in [0.15, 0.2) is 17.3 Å². The minimum absolute atomic E-state index is 0.270. The van der Waals surface area contributed by atoms with Crippen LogP contribution in [0.15, 0.2) is 63.9 Å². The third-order valence-corrected chi connectivity index (χ3v) is 4.83. The molecule has 0 atom stereocenters. The molecule has 0 aliphatic carbocycles. The third kappa shape index (κ3) is 3.32. The maximum atomic E-state index is 13.1. The molecule has 4 heterocycles. The molecule has 28 heavy (non-hydrogen) atoms. The van der Waals surface area contributed by atoms with Gasteiger partial charge in [-0.1, -0.05) is 5.16 Å². The molecule has 1 aromatic carbocycles. The fourth-order valence-electron chi connectivity index (χ4n) is 3.40. The van der Waals surface area contributed by atoms with E-state index < -0.39 is 0 Å². The quantitative estimate of drug-likeness (QED) is 0.534. The first-order valence-electron chi connectivity index (χ1n) is 9.07. The van der Waals surface area contributed by atoms with Gasteiger partial charge in [0.1, 0.15) is 5.82 Å². The van der Waals surface area contributed by atoms with E-state index >= 15 is 0 Å². The van der Waals surface area contributed by atoms with Crippen LogP contribution in [0.1, 0.15) is 17.0 Å². The monoisotopic (exact) mass is 376 g/mol. The van der Waals surface area contributed by atoms with Crippen LogP contribution in [-0.4, -0.2) is 26.6 Å². The van der Waals surface area contributed by atoms with Gasteiger partial charge in [-0.05, 0) is 36.4 Å². The topological polar surface area (TPSA) is 68.2 Å². The summed E-state index contributed by atoms with van der Waals surface area (Å²) in [6.45, 7) is 2.30. The standard InChI is InChI=1S/C21H17FN4O2/c22-16-5-3-14(4-6-16)20-10-17(25-28-20)13-26-8-7-18-15(12-26)11-23-21(24-18)19-2-1-9-27-19/h1-6,9-11H,7-8,12-13H2. The first-order valence-corrected chi connectivity index (χ1v) is 9.07. The first kappa shape index (κ1) is 16.8. The molecule has 7 heteroatoms. The van der Waals surface area contributed by atoms with Crippen LogP contribution >= 0.6 is 0 Å². The van der Waals surface area contributed by atoms with Gasteiger partial charge in [0.2, 0.25) is 0 Å². The fourth-order valence-corrected chi connectivity index (χ4v) is 3.40. The molecule has 0 saturated heterocycles. The van der Waals surface area contributed by atoms with E-state index in [-0.39, 0.29) is 5.82 Å². The van der Waals surface area contributed by atoms with E-state index in [1.54, 1.807) is 18.4 Å². The summed E-state index contributed by atoms with van der Waals surface area (Å²) < 4.78 is 23.9. The van der Waals surface area contributed by atoms with Crippen molar-refractivity contribution in [2.75, 3.05) is 6.54 Å². The maximum Gasteiger partial charge on any atom is 0.195 e. The van der Waals surface area contributed by atoms with Crippen molar-refractivity contribution < 1.29 is 13.3 Å². The number of halogens is 1. The highest BCUT2D eigenvalue weighted by atomic mass is 19.1. The molecule has 4 aromatic rings. The second-order valence-electron chi connectivity index (χ2n) is 6.79. The van der Waals surface area contributed by atoms with Crippen molar-refractivity contribution in [3.05, 3.63) is 77.7 Å². The molecule has 0 spiro atoms. The predicted molar refractivity (Wildman–Crippen MR) is 99.4 cm³/mol. The van der Waals surface area contributed by atoms with Crippen LogP contribution in [0, 0.1) is 5.82 Å². The molecule has 3 aromatic heterocycles.